The van der Waals surface area contributed by atoms with Crippen LogP contribution in [-0.4, -0.2) is 5.78 Å². The number of rotatable bonds is 3. The molecule has 1 N–H and O–H groups in total. The zero-order valence-electron chi connectivity index (χ0n) is 9.58. The maximum Gasteiger partial charge on any atom is 0.208 e. The number of Topliss-reactive ketones (excluding diaryl/α,β-unsaturated/α-hetero) is 1. The summed E-state index contributed by atoms with van der Waals surface area (Å²) in [5.41, 5.74) is 3.49. The summed E-state index contributed by atoms with van der Waals surface area (Å²) in [6.45, 7) is 7.67. The Morgan fingerprint density at radius 3 is 2.44 bits per heavy atom. The average molecular weight is 213 g/mol. The van der Waals surface area contributed by atoms with E-state index in [0.717, 1.165) is 5.57 Å². The summed E-state index contributed by atoms with van der Waals surface area (Å²) in [6, 6.07) is 10.2. The smallest absolute Gasteiger partial charge is 0.208 e. The summed E-state index contributed by atoms with van der Waals surface area (Å²) in [4.78, 5) is 11.5. The van der Waals surface area contributed by atoms with Crippen molar-refractivity contribution >= 4 is 5.78 Å². The van der Waals surface area contributed by atoms with Crippen molar-refractivity contribution in [1.82, 2.24) is 5.32 Å². The Morgan fingerprint density at radius 1 is 1.25 bits per heavy atom. The summed E-state index contributed by atoms with van der Waals surface area (Å²) >= 11 is 0. The van der Waals surface area contributed by atoms with E-state index < -0.39 is 0 Å². The molecule has 1 unspecified atom stereocenters. The first-order valence-electron chi connectivity index (χ1n) is 5.37. The molecule has 0 spiro atoms. The predicted molar refractivity (Wildman–Crippen MR) is 64.8 cm³/mol. The molecule has 0 bridgehead atoms. The number of nitrogens with one attached hydrogen (secondary N) is 1. The molecule has 0 fully saturated rings. The highest BCUT2D eigenvalue weighted by Gasteiger charge is 2.29. The first-order valence-corrected chi connectivity index (χ1v) is 5.37. The SMILES string of the molecule is C=C1C(=O)C(NC(C)c2ccccc2)=C1C. The zero-order chi connectivity index (χ0) is 11.7. The van der Waals surface area contributed by atoms with E-state index >= 15 is 0 Å². The van der Waals surface area contributed by atoms with Crippen molar-refractivity contribution in [1.29, 1.82) is 0 Å². The Kier molecular flexibility index (Phi) is 2.65. The van der Waals surface area contributed by atoms with Gasteiger partial charge in [0.2, 0.25) is 5.78 Å². The highest BCUT2D eigenvalue weighted by molar-refractivity contribution is 6.18. The van der Waals surface area contributed by atoms with Crippen LogP contribution in [0.4, 0.5) is 0 Å². The molecule has 1 aliphatic carbocycles. The monoisotopic (exact) mass is 213 g/mol. The summed E-state index contributed by atoms with van der Waals surface area (Å²) in [7, 11) is 0. The second kappa shape index (κ2) is 3.97. The Labute approximate surface area is 95.7 Å². The zero-order valence-corrected chi connectivity index (χ0v) is 9.58. The molecule has 0 saturated heterocycles. The predicted octanol–water partition coefficient (Wildman–Crippen LogP) is 2.75. The lowest BCUT2D eigenvalue weighted by Crippen LogP contribution is -2.32. The van der Waals surface area contributed by atoms with Gasteiger partial charge >= 0.3 is 0 Å². The van der Waals surface area contributed by atoms with E-state index in [2.05, 4.69) is 11.9 Å². The van der Waals surface area contributed by atoms with E-state index in [0.29, 0.717) is 11.3 Å². The molecule has 0 heterocycles. The third kappa shape index (κ3) is 1.67. The van der Waals surface area contributed by atoms with Gasteiger partial charge in [-0.05, 0) is 25.0 Å². The Morgan fingerprint density at radius 2 is 1.88 bits per heavy atom. The molecule has 0 saturated carbocycles. The molecule has 1 aromatic rings. The third-order valence-electron chi connectivity index (χ3n) is 2.99. The summed E-state index contributed by atoms with van der Waals surface area (Å²) < 4.78 is 0. The van der Waals surface area contributed by atoms with Crippen LogP contribution >= 0.6 is 0 Å². The van der Waals surface area contributed by atoms with Crippen LogP contribution in [0.3, 0.4) is 0 Å². The molecule has 1 aromatic carbocycles. The normalized spacial score (nSPS) is 17.1. The second-order valence-corrected chi connectivity index (χ2v) is 4.08. The number of hydrogen-bond donors (Lipinski definition) is 1. The average Bonchev–Trinajstić information content (AvgIpc) is 2.35. The van der Waals surface area contributed by atoms with Gasteiger partial charge in [0.15, 0.2) is 0 Å². The van der Waals surface area contributed by atoms with Crippen LogP contribution in [0.25, 0.3) is 0 Å². The molecule has 2 heteroatoms. The van der Waals surface area contributed by atoms with Crippen molar-refractivity contribution in [2.24, 2.45) is 0 Å². The number of benzene rings is 1. The van der Waals surface area contributed by atoms with Crippen molar-refractivity contribution in [2.75, 3.05) is 0 Å². The van der Waals surface area contributed by atoms with Gasteiger partial charge in [0.05, 0.1) is 5.70 Å². The van der Waals surface area contributed by atoms with Crippen LogP contribution in [0.2, 0.25) is 0 Å². The van der Waals surface area contributed by atoms with Crippen molar-refractivity contribution in [3.8, 4) is 0 Å². The Bertz CT molecular complexity index is 471. The van der Waals surface area contributed by atoms with Gasteiger partial charge in [-0.3, -0.25) is 4.79 Å². The lowest BCUT2D eigenvalue weighted by Gasteiger charge is -2.26. The van der Waals surface area contributed by atoms with Crippen LogP contribution < -0.4 is 5.32 Å². The fraction of sp³-hybridized carbons (Fsp3) is 0.214. The summed E-state index contributed by atoms with van der Waals surface area (Å²) in [6.07, 6.45) is 0. The first-order chi connectivity index (χ1) is 7.61. The van der Waals surface area contributed by atoms with Gasteiger partial charge in [-0.15, -0.1) is 0 Å². The standard InChI is InChI=1S/C14H15NO/c1-9-10(2)14(16)13(9)15-11(3)12-7-5-4-6-8-12/h4-8,11,15H,2H2,1,3H3. The third-order valence-corrected chi connectivity index (χ3v) is 2.99. The summed E-state index contributed by atoms with van der Waals surface area (Å²) in [5, 5.41) is 3.23. The van der Waals surface area contributed by atoms with Gasteiger partial charge in [-0.25, -0.2) is 0 Å². The minimum atomic E-state index is 0.0419. The van der Waals surface area contributed by atoms with Crippen molar-refractivity contribution in [2.45, 2.75) is 19.9 Å². The van der Waals surface area contributed by atoms with Crippen LogP contribution in [0, 0.1) is 0 Å². The van der Waals surface area contributed by atoms with E-state index in [1.807, 2.05) is 44.2 Å². The van der Waals surface area contributed by atoms with E-state index in [-0.39, 0.29) is 11.8 Å². The quantitative estimate of drug-likeness (QED) is 0.782. The maximum atomic E-state index is 11.5. The van der Waals surface area contributed by atoms with Gasteiger partial charge in [0, 0.05) is 11.6 Å². The number of carbonyl (C=O) groups is 1. The fourth-order valence-electron chi connectivity index (χ4n) is 1.80. The number of allylic oxidation sites excluding steroid dienone is 2. The van der Waals surface area contributed by atoms with Gasteiger partial charge in [-0.2, -0.15) is 0 Å². The molecule has 0 aromatic heterocycles. The lowest BCUT2D eigenvalue weighted by atomic mass is 9.88. The Hall–Kier alpha value is -1.83. The molecular formula is C14H15NO. The van der Waals surface area contributed by atoms with Crippen molar-refractivity contribution in [3.05, 3.63) is 59.3 Å². The Balaban J connectivity index is 2.13. The second-order valence-electron chi connectivity index (χ2n) is 4.08. The van der Waals surface area contributed by atoms with Gasteiger partial charge in [-0.1, -0.05) is 36.9 Å². The molecule has 82 valence electrons. The van der Waals surface area contributed by atoms with Gasteiger partial charge in [0.1, 0.15) is 0 Å². The van der Waals surface area contributed by atoms with Crippen molar-refractivity contribution < 1.29 is 4.79 Å². The van der Waals surface area contributed by atoms with Crippen LogP contribution in [0.1, 0.15) is 25.5 Å². The highest BCUT2D eigenvalue weighted by Crippen LogP contribution is 2.28. The number of ketones is 1. The van der Waals surface area contributed by atoms with Crippen LogP contribution in [-0.2, 0) is 4.79 Å². The van der Waals surface area contributed by atoms with E-state index in [1.54, 1.807) is 0 Å². The van der Waals surface area contributed by atoms with Crippen LogP contribution in [0.5, 0.6) is 0 Å². The molecule has 0 radical (unpaired) electrons. The number of carbonyl (C=O) groups excluding carboxylic acids is 1. The molecule has 16 heavy (non-hydrogen) atoms. The number of hydrogen-bond acceptors (Lipinski definition) is 2. The molecule has 0 amide bonds. The van der Waals surface area contributed by atoms with E-state index in [1.165, 1.54) is 5.56 Å². The van der Waals surface area contributed by atoms with Crippen molar-refractivity contribution in [3.63, 3.8) is 0 Å². The molecule has 2 rings (SSSR count). The minimum absolute atomic E-state index is 0.0419. The molecule has 1 atom stereocenters. The summed E-state index contributed by atoms with van der Waals surface area (Å²) in [5.74, 6) is 0.0419. The highest BCUT2D eigenvalue weighted by atomic mass is 16.1. The fourth-order valence-corrected chi connectivity index (χ4v) is 1.80. The molecule has 2 nitrogen and oxygen atoms in total. The van der Waals surface area contributed by atoms with Gasteiger partial charge in [0.25, 0.3) is 0 Å². The van der Waals surface area contributed by atoms with Gasteiger partial charge < -0.3 is 5.32 Å². The first kappa shape index (κ1) is 10.7. The van der Waals surface area contributed by atoms with Crippen LogP contribution in [0.15, 0.2) is 53.8 Å². The topological polar surface area (TPSA) is 29.1 Å². The van der Waals surface area contributed by atoms with E-state index in [9.17, 15) is 4.79 Å². The minimum Gasteiger partial charge on any atom is -0.375 e. The molecular weight excluding hydrogens is 198 g/mol. The lowest BCUT2D eigenvalue weighted by molar-refractivity contribution is -0.113. The largest absolute Gasteiger partial charge is 0.375 e. The molecule has 1 aliphatic rings. The maximum absolute atomic E-state index is 11.5. The van der Waals surface area contributed by atoms with E-state index in [4.69, 9.17) is 0 Å². The molecule has 0 aliphatic heterocycles.